The van der Waals surface area contributed by atoms with Gasteiger partial charge in [-0.3, -0.25) is 0 Å². The number of aliphatic hydroxyl groups excluding tert-OH is 1. The number of hydrogen-bond acceptors (Lipinski definition) is 4. The van der Waals surface area contributed by atoms with Crippen molar-refractivity contribution in [3.8, 4) is 5.75 Å². The summed E-state index contributed by atoms with van der Waals surface area (Å²) in [7, 11) is 0. The molecule has 1 aromatic carbocycles. The van der Waals surface area contributed by atoms with Crippen molar-refractivity contribution < 1.29 is 23.0 Å². The van der Waals surface area contributed by atoms with Gasteiger partial charge in [0.05, 0.1) is 11.5 Å². The molecule has 1 N–H and O–H groups in total. The minimum absolute atomic E-state index is 0.154. The van der Waals surface area contributed by atoms with E-state index in [0.717, 1.165) is 6.20 Å². The van der Waals surface area contributed by atoms with Crippen LogP contribution in [0.15, 0.2) is 30.5 Å². The Bertz CT molecular complexity index is 566. The third-order valence-corrected chi connectivity index (χ3v) is 3.64. The number of ether oxygens (including phenoxy) is 1. The van der Waals surface area contributed by atoms with E-state index in [1.165, 1.54) is 0 Å². The van der Waals surface area contributed by atoms with Crippen molar-refractivity contribution in [2.75, 3.05) is 6.61 Å². The van der Waals surface area contributed by atoms with Crippen LogP contribution in [0.5, 0.6) is 5.75 Å². The van der Waals surface area contributed by atoms with E-state index >= 15 is 0 Å². The van der Waals surface area contributed by atoms with E-state index in [-0.39, 0.29) is 4.88 Å². The molecule has 0 bridgehead atoms. The zero-order valence-corrected chi connectivity index (χ0v) is 11.3. The predicted molar refractivity (Wildman–Crippen MR) is 68.8 cm³/mol. The largest absolute Gasteiger partial charge is 0.494 e. The smallest absolute Gasteiger partial charge is 0.443 e. The fourth-order valence-corrected chi connectivity index (χ4v) is 2.42. The van der Waals surface area contributed by atoms with Crippen LogP contribution >= 0.6 is 11.3 Å². The third-order valence-electron chi connectivity index (χ3n) is 2.54. The fourth-order valence-electron chi connectivity index (χ4n) is 1.62. The normalized spacial score (nSPS) is 13.2. The molecule has 1 unspecified atom stereocenters. The monoisotopic (exact) mass is 303 g/mol. The number of hydrogen-bond donors (Lipinski definition) is 1. The van der Waals surface area contributed by atoms with Crippen LogP contribution in [0.25, 0.3) is 0 Å². The van der Waals surface area contributed by atoms with E-state index in [9.17, 15) is 18.3 Å². The molecule has 2 rings (SSSR count). The first-order valence-corrected chi connectivity index (χ1v) is 6.67. The van der Waals surface area contributed by atoms with Crippen LogP contribution in [0.1, 0.15) is 28.5 Å². The van der Waals surface area contributed by atoms with E-state index in [2.05, 4.69) is 4.98 Å². The standard InChI is InChI=1S/C13H12F3NO2S/c1-2-19-9-5-3-8(4-6-9)11(18)10-7-17-12(20-10)13(14,15)16/h3-7,11,18H,2H2,1H3. The Morgan fingerprint density at radius 3 is 2.45 bits per heavy atom. The number of thiazole rings is 1. The van der Waals surface area contributed by atoms with Crippen LogP contribution in [-0.2, 0) is 6.18 Å². The van der Waals surface area contributed by atoms with Gasteiger partial charge >= 0.3 is 6.18 Å². The van der Waals surface area contributed by atoms with Gasteiger partial charge in [-0.15, -0.1) is 11.3 Å². The van der Waals surface area contributed by atoms with Crippen molar-refractivity contribution in [1.29, 1.82) is 0 Å². The maximum absolute atomic E-state index is 12.5. The molecule has 0 saturated heterocycles. The number of benzene rings is 1. The summed E-state index contributed by atoms with van der Waals surface area (Å²) < 4.78 is 42.6. The molecule has 1 aromatic heterocycles. The summed E-state index contributed by atoms with van der Waals surface area (Å²) in [5.41, 5.74) is 0.492. The highest BCUT2D eigenvalue weighted by Crippen LogP contribution is 2.36. The highest BCUT2D eigenvalue weighted by molar-refractivity contribution is 7.11. The Kier molecular flexibility index (Phi) is 4.29. The van der Waals surface area contributed by atoms with Gasteiger partial charge in [0.25, 0.3) is 0 Å². The summed E-state index contributed by atoms with van der Waals surface area (Å²) in [6.07, 6.45) is -4.56. The number of nitrogens with zero attached hydrogens (tertiary/aromatic N) is 1. The first-order valence-electron chi connectivity index (χ1n) is 5.85. The van der Waals surface area contributed by atoms with E-state index in [0.29, 0.717) is 29.3 Å². The summed E-state index contributed by atoms with van der Waals surface area (Å²) >= 11 is 0.440. The van der Waals surface area contributed by atoms with Gasteiger partial charge in [0.1, 0.15) is 11.9 Å². The molecule has 0 aliphatic rings. The topological polar surface area (TPSA) is 42.4 Å². The van der Waals surface area contributed by atoms with Crippen molar-refractivity contribution in [3.63, 3.8) is 0 Å². The Hall–Kier alpha value is -1.60. The van der Waals surface area contributed by atoms with Gasteiger partial charge in [-0.25, -0.2) is 4.98 Å². The van der Waals surface area contributed by atoms with E-state index in [1.807, 2.05) is 6.92 Å². The lowest BCUT2D eigenvalue weighted by molar-refractivity contribution is -0.137. The molecule has 0 aliphatic carbocycles. The Balaban J connectivity index is 2.18. The SMILES string of the molecule is CCOc1ccc(C(O)c2cnc(C(F)(F)F)s2)cc1. The average Bonchev–Trinajstić information content (AvgIpc) is 2.89. The zero-order chi connectivity index (χ0) is 14.8. The maximum Gasteiger partial charge on any atom is 0.443 e. The molecule has 0 saturated carbocycles. The molecule has 7 heteroatoms. The minimum Gasteiger partial charge on any atom is -0.494 e. The molecular formula is C13H12F3NO2S. The van der Waals surface area contributed by atoms with Gasteiger partial charge in [-0.1, -0.05) is 12.1 Å². The fraction of sp³-hybridized carbons (Fsp3) is 0.308. The molecule has 0 fully saturated rings. The lowest BCUT2D eigenvalue weighted by atomic mass is 10.1. The molecule has 0 radical (unpaired) electrons. The molecule has 3 nitrogen and oxygen atoms in total. The molecule has 0 spiro atoms. The number of alkyl halides is 3. The predicted octanol–water partition coefficient (Wildman–Crippen LogP) is 3.64. The Morgan fingerprint density at radius 2 is 1.95 bits per heavy atom. The summed E-state index contributed by atoms with van der Waals surface area (Å²) in [6.45, 7) is 2.37. The van der Waals surface area contributed by atoms with E-state index < -0.39 is 17.3 Å². The minimum atomic E-state index is -4.48. The van der Waals surface area contributed by atoms with Gasteiger partial charge in [-0.2, -0.15) is 13.2 Å². The molecule has 0 aliphatic heterocycles. The molecule has 0 amide bonds. The number of aromatic nitrogens is 1. The van der Waals surface area contributed by atoms with Crippen molar-refractivity contribution in [2.45, 2.75) is 19.2 Å². The third kappa shape index (κ3) is 3.29. The lowest BCUT2D eigenvalue weighted by Gasteiger charge is -2.09. The lowest BCUT2D eigenvalue weighted by Crippen LogP contribution is -2.03. The van der Waals surface area contributed by atoms with Gasteiger partial charge in [-0.05, 0) is 24.6 Å². The van der Waals surface area contributed by atoms with Crippen LogP contribution in [0.2, 0.25) is 0 Å². The Labute approximate surface area is 117 Å². The second-order valence-electron chi connectivity index (χ2n) is 3.97. The first kappa shape index (κ1) is 14.8. The molecule has 2 aromatic rings. The van der Waals surface area contributed by atoms with Crippen molar-refractivity contribution >= 4 is 11.3 Å². The first-order chi connectivity index (χ1) is 9.41. The number of aliphatic hydroxyl groups is 1. The van der Waals surface area contributed by atoms with Crippen LogP contribution in [-0.4, -0.2) is 16.7 Å². The van der Waals surface area contributed by atoms with Crippen LogP contribution < -0.4 is 4.74 Å². The average molecular weight is 303 g/mol. The quantitative estimate of drug-likeness (QED) is 0.937. The zero-order valence-electron chi connectivity index (χ0n) is 10.5. The van der Waals surface area contributed by atoms with Crippen molar-refractivity contribution in [1.82, 2.24) is 4.98 Å². The summed E-state index contributed by atoms with van der Waals surface area (Å²) in [5.74, 6) is 0.642. The van der Waals surface area contributed by atoms with Crippen molar-refractivity contribution in [2.24, 2.45) is 0 Å². The van der Waals surface area contributed by atoms with E-state index in [4.69, 9.17) is 4.74 Å². The van der Waals surface area contributed by atoms with Gasteiger partial charge in [0, 0.05) is 6.20 Å². The van der Waals surface area contributed by atoms with Crippen LogP contribution in [0, 0.1) is 0 Å². The summed E-state index contributed by atoms with van der Waals surface area (Å²) in [6, 6.07) is 6.55. The Morgan fingerprint density at radius 1 is 1.30 bits per heavy atom. The van der Waals surface area contributed by atoms with Gasteiger partial charge in [0.15, 0.2) is 5.01 Å². The second-order valence-corrected chi connectivity index (χ2v) is 5.03. The van der Waals surface area contributed by atoms with Crippen LogP contribution in [0.3, 0.4) is 0 Å². The molecular weight excluding hydrogens is 291 g/mol. The summed E-state index contributed by atoms with van der Waals surface area (Å²) in [5, 5.41) is 9.09. The molecule has 108 valence electrons. The van der Waals surface area contributed by atoms with Gasteiger partial charge < -0.3 is 9.84 Å². The maximum atomic E-state index is 12.5. The highest BCUT2D eigenvalue weighted by atomic mass is 32.1. The molecule has 1 heterocycles. The van der Waals surface area contributed by atoms with E-state index in [1.54, 1.807) is 24.3 Å². The second kappa shape index (κ2) is 5.80. The molecule has 20 heavy (non-hydrogen) atoms. The number of rotatable bonds is 4. The van der Waals surface area contributed by atoms with Gasteiger partial charge in [0.2, 0.25) is 0 Å². The summed E-state index contributed by atoms with van der Waals surface area (Å²) in [4.78, 5) is 3.44. The highest BCUT2D eigenvalue weighted by Gasteiger charge is 2.35. The number of halogens is 3. The van der Waals surface area contributed by atoms with Crippen LogP contribution in [0.4, 0.5) is 13.2 Å². The van der Waals surface area contributed by atoms with Crippen molar-refractivity contribution in [3.05, 3.63) is 45.9 Å². The molecule has 1 atom stereocenters.